The highest BCUT2D eigenvalue weighted by Crippen LogP contribution is 2.67. The Morgan fingerprint density at radius 3 is 2.65 bits per heavy atom. The zero-order valence-electron chi connectivity index (χ0n) is 20.7. The molecule has 1 unspecified atom stereocenters. The maximum Gasteiger partial charge on any atom is 0.248 e. The van der Waals surface area contributed by atoms with Crippen molar-refractivity contribution in [3.05, 3.63) is 11.6 Å². The molecule has 1 N–H and O–H groups in total. The quantitative estimate of drug-likeness (QED) is 0.455. The smallest absolute Gasteiger partial charge is 0.248 e. The number of hydroxylamine groups is 2. The third-order valence-corrected chi connectivity index (χ3v) is 10.6. The molecule has 3 fully saturated rings. The Morgan fingerprint density at radius 2 is 1.94 bits per heavy atom. The second kappa shape index (κ2) is 8.48. The number of carbonyl (C=O) groups is 1. The standard InChI is InChI=1S/C27H45NO3/c1-17(15-18(2)25(30)28(5)31-6)22-9-10-23-21-8-7-19-16-20(29)11-13-26(19,3)24(21)12-14-27(22,23)4/h7,17-18,20-24,29H,8-16H2,1-6H3/t17-,18?,20+,21+,22-,23+,24+,26+,27-/m1/s1. The van der Waals surface area contributed by atoms with Crippen molar-refractivity contribution in [3.8, 4) is 0 Å². The van der Waals surface area contributed by atoms with Gasteiger partial charge in [0.2, 0.25) is 5.91 Å². The fourth-order valence-corrected chi connectivity index (χ4v) is 8.84. The molecular weight excluding hydrogens is 386 g/mol. The third kappa shape index (κ3) is 3.80. The molecule has 176 valence electrons. The summed E-state index contributed by atoms with van der Waals surface area (Å²) in [6.07, 6.45) is 13.0. The minimum atomic E-state index is -0.122. The molecule has 0 aromatic rings. The van der Waals surface area contributed by atoms with Crippen LogP contribution in [-0.2, 0) is 9.63 Å². The van der Waals surface area contributed by atoms with Crippen LogP contribution in [0.4, 0.5) is 0 Å². The number of allylic oxidation sites excluding steroid dienone is 1. The summed E-state index contributed by atoms with van der Waals surface area (Å²) in [5, 5.41) is 11.6. The topological polar surface area (TPSA) is 49.8 Å². The van der Waals surface area contributed by atoms with E-state index in [1.54, 1.807) is 19.7 Å². The van der Waals surface area contributed by atoms with Crippen LogP contribution in [0, 0.1) is 46.3 Å². The minimum Gasteiger partial charge on any atom is -0.393 e. The van der Waals surface area contributed by atoms with Crippen molar-refractivity contribution < 1.29 is 14.7 Å². The van der Waals surface area contributed by atoms with Crippen molar-refractivity contribution in [3.63, 3.8) is 0 Å². The Labute approximate surface area is 189 Å². The van der Waals surface area contributed by atoms with Crippen molar-refractivity contribution in [2.75, 3.05) is 14.2 Å². The predicted molar refractivity (Wildman–Crippen MR) is 124 cm³/mol. The van der Waals surface area contributed by atoms with Gasteiger partial charge in [-0.2, -0.15) is 0 Å². The normalized spacial score (nSPS) is 43.8. The summed E-state index contributed by atoms with van der Waals surface area (Å²) in [4.78, 5) is 17.7. The average molecular weight is 432 g/mol. The molecule has 4 aliphatic rings. The van der Waals surface area contributed by atoms with Gasteiger partial charge in [0.15, 0.2) is 0 Å². The first-order valence-corrected chi connectivity index (χ1v) is 12.8. The monoisotopic (exact) mass is 431 g/mol. The fourth-order valence-electron chi connectivity index (χ4n) is 8.84. The van der Waals surface area contributed by atoms with E-state index in [2.05, 4.69) is 33.8 Å². The molecule has 0 heterocycles. The summed E-state index contributed by atoms with van der Waals surface area (Å²) in [5.74, 6) is 3.79. The zero-order valence-corrected chi connectivity index (χ0v) is 20.7. The predicted octanol–water partition coefficient (Wildman–Crippen LogP) is 5.61. The lowest BCUT2D eigenvalue weighted by Gasteiger charge is -2.58. The molecule has 0 radical (unpaired) electrons. The minimum absolute atomic E-state index is 0.00619. The Kier molecular flexibility index (Phi) is 6.37. The Bertz CT molecular complexity index is 719. The van der Waals surface area contributed by atoms with Gasteiger partial charge in [0.1, 0.15) is 0 Å². The number of aliphatic hydroxyl groups is 1. The SMILES string of the molecule is CON(C)C(=O)C(C)C[C@@H](C)[C@H]1CC[C@H]2[C@@H]3CC=C4C[C@@H](O)CC[C@]4(C)[C@H]3CC[C@]12C. The molecule has 0 bridgehead atoms. The van der Waals surface area contributed by atoms with Gasteiger partial charge in [-0.1, -0.05) is 39.3 Å². The number of fused-ring (bicyclic) bond motifs is 5. The van der Waals surface area contributed by atoms with Crippen LogP contribution in [0.25, 0.3) is 0 Å². The van der Waals surface area contributed by atoms with Crippen LogP contribution < -0.4 is 0 Å². The molecule has 4 heteroatoms. The fraction of sp³-hybridized carbons (Fsp3) is 0.889. The second-order valence-corrected chi connectivity index (χ2v) is 12.0. The lowest BCUT2D eigenvalue weighted by molar-refractivity contribution is -0.173. The number of hydrogen-bond donors (Lipinski definition) is 1. The number of amides is 1. The molecule has 1 amide bonds. The van der Waals surface area contributed by atoms with Crippen LogP contribution in [-0.4, -0.2) is 36.3 Å². The van der Waals surface area contributed by atoms with Gasteiger partial charge in [0.25, 0.3) is 0 Å². The molecule has 4 aliphatic carbocycles. The molecule has 0 spiro atoms. The molecule has 3 saturated carbocycles. The number of rotatable bonds is 5. The van der Waals surface area contributed by atoms with Crippen molar-refractivity contribution in [2.24, 2.45) is 46.3 Å². The molecule has 0 aliphatic heterocycles. The van der Waals surface area contributed by atoms with Crippen molar-refractivity contribution in [1.82, 2.24) is 5.06 Å². The third-order valence-electron chi connectivity index (χ3n) is 10.6. The summed E-state index contributed by atoms with van der Waals surface area (Å²) in [5.41, 5.74) is 2.29. The number of nitrogens with zero attached hydrogens (tertiary/aromatic N) is 1. The molecule has 0 saturated heterocycles. The second-order valence-electron chi connectivity index (χ2n) is 12.0. The van der Waals surface area contributed by atoms with Gasteiger partial charge < -0.3 is 5.11 Å². The van der Waals surface area contributed by atoms with Crippen LogP contribution in [0.1, 0.15) is 85.5 Å². The lowest BCUT2D eigenvalue weighted by atomic mass is 9.47. The Balaban J connectivity index is 1.49. The summed E-state index contributed by atoms with van der Waals surface area (Å²) >= 11 is 0. The van der Waals surface area contributed by atoms with Gasteiger partial charge in [-0.25, -0.2) is 5.06 Å². The maximum absolute atomic E-state index is 12.5. The van der Waals surface area contributed by atoms with Crippen LogP contribution in [0.3, 0.4) is 0 Å². The molecule has 4 rings (SSSR count). The highest BCUT2D eigenvalue weighted by Gasteiger charge is 2.59. The molecule has 0 aromatic carbocycles. The van der Waals surface area contributed by atoms with Gasteiger partial charge >= 0.3 is 0 Å². The van der Waals surface area contributed by atoms with E-state index in [0.717, 1.165) is 43.4 Å². The van der Waals surface area contributed by atoms with E-state index in [0.29, 0.717) is 22.7 Å². The summed E-state index contributed by atoms with van der Waals surface area (Å²) < 4.78 is 0. The summed E-state index contributed by atoms with van der Waals surface area (Å²) in [7, 11) is 3.28. The lowest BCUT2D eigenvalue weighted by Crippen LogP contribution is -2.51. The number of aliphatic hydroxyl groups excluding tert-OH is 1. The molecule has 0 aromatic heterocycles. The van der Waals surface area contributed by atoms with E-state index in [1.807, 2.05) is 0 Å². The molecule has 31 heavy (non-hydrogen) atoms. The number of carbonyl (C=O) groups excluding carboxylic acids is 1. The zero-order chi connectivity index (χ0) is 22.6. The van der Waals surface area contributed by atoms with E-state index in [9.17, 15) is 9.90 Å². The van der Waals surface area contributed by atoms with Gasteiger partial charge in [0.05, 0.1) is 13.2 Å². The van der Waals surface area contributed by atoms with E-state index >= 15 is 0 Å². The van der Waals surface area contributed by atoms with Crippen molar-refractivity contribution in [2.45, 2.75) is 91.6 Å². The molecular formula is C27H45NO3. The van der Waals surface area contributed by atoms with E-state index in [-0.39, 0.29) is 17.9 Å². The molecule has 9 atom stereocenters. The highest BCUT2D eigenvalue weighted by molar-refractivity contribution is 5.77. The van der Waals surface area contributed by atoms with Crippen LogP contribution in [0.15, 0.2) is 11.6 Å². The van der Waals surface area contributed by atoms with Crippen molar-refractivity contribution in [1.29, 1.82) is 0 Å². The molecule has 4 nitrogen and oxygen atoms in total. The van der Waals surface area contributed by atoms with E-state index in [4.69, 9.17) is 4.84 Å². The van der Waals surface area contributed by atoms with Crippen molar-refractivity contribution >= 4 is 5.91 Å². The summed E-state index contributed by atoms with van der Waals surface area (Å²) in [6, 6.07) is 0. The number of hydrogen-bond acceptors (Lipinski definition) is 3. The van der Waals surface area contributed by atoms with Gasteiger partial charge in [0, 0.05) is 13.0 Å². The Hall–Kier alpha value is -0.870. The van der Waals surface area contributed by atoms with Crippen LogP contribution in [0.5, 0.6) is 0 Å². The highest BCUT2D eigenvalue weighted by atomic mass is 16.7. The van der Waals surface area contributed by atoms with E-state index < -0.39 is 0 Å². The first-order valence-electron chi connectivity index (χ1n) is 12.8. The average Bonchev–Trinajstić information content (AvgIpc) is 3.10. The van der Waals surface area contributed by atoms with Gasteiger partial charge in [-0.15, -0.1) is 0 Å². The maximum atomic E-state index is 12.5. The first kappa shape index (κ1) is 23.3. The van der Waals surface area contributed by atoms with Crippen LogP contribution >= 0.6 is 0 Å². The Morgan fingerprint density at radius 1 is 1.19 bits per heavy atom. The first-order chi connectivity index (χ1) is 14.6. The van der Waals surface area contributed by atoms with Gasteiger partial charge in [-0.05, 0) is 98.2 Å². The largest absolute Gasteiger partial charge is 0.393 e. The summed E-state index contributed by atoms with van der Waals surface area (Å²) in [6.45, 7) is 9.55. The van der Waals surface area contributed by atoms with Crippen LogP contribution in [0.2, 0.25) is 0 Å². The van der Waals surface area contributed by atoms with Gasteiger partial charge in [-0.3, -0.25) is 9.63 Å². The van der Waals surface area contributed by atoms with E-state index in [1.165, 1.54) is 37.2 Å².